The van der Waals surface area contributed by atoms with Crippen molar-refractivity contribution in [1.82, 2.24) is 15.6 Å². The summed E-state index contributed by atoms with van der Waals surface area (Å²) in [7, 11) is 5.01. The second kappa shape index (κ2) is 10.1. The Balaban J connectivity index is 1.93. The van der Waals surface area contributed by atoms with Crippen molar-refractivity contribution in [3.8, 4) is 17.4 Å². The highest BCUT2D eigenvalue weighted by molar-refractivity contribution is 5.79. The first kappa shape index (κ1) is 19.4. The average molecular weight is 358 g/mol. The Morgan fingerprint density at radius 3 is 2.58 bits per heavy atom. The summed E-state index contributed by atoms with van der Waals surface area (Å²) in [5, 5.41) is 6.55. The van der Waals surface area contributed by atoms with Gasteiger partial charge >= 0.3 is 0 Å². The van der Waals surface area contributed by atoms with Gasteiger partial charge in [0.05, 0.1) is 20.8 Å². The van der Waals surface area contributed by atoms with Crippen LogP contribution in [0.1, 0.15) is 18.1 Å². The Hall–Kier alpha value is -2.96. The Morgan fingerprint density at radius 1 is 1.08 bits per heavy atom. The summed E-state index contributed by atoms with van der Waals surface area (Å²) in [6, 6.07) is 9.59. The van der Waals surface area contributed by atoms with E-state index in [9.17, 15) is 0 Å². The molecule has 7 nitrogen and oxygen atoms in total. The minimum atomic E-state index is 0.577. The van der Waals surface area contributed by atoms with Gasteiger partial charge in [-0.15, -0.1) is 0 Å². The molecule has 2 N–H and O–H groups in total. The molecule has 0 aliphatic heterocycles. The van der Waals surface area contributed by atoms with Crippen molar-refractivity contribution in [2.75, 3.05) is 27.9 Å². The number of aliphatic imine (C=N–C) groups is 1. The minimum Gasteiger partial charge on any atom is -0.497 e. The quantitative estimate of drug-likeness (QED) is 0.557. The maximum atomic E-state index is 5.42. The third kappa shape index (κ3) is 5.54. The van der Waals surface area contributed by atoms with Crippen LogP contribution in [-0.2, 0) is 13.1 Å². The molecule has 2 aromatic rings. The Kier molecular flexibility index (Phi) is 7.54. The zero-order valence-corrected chi connectivity index (χ0v) is 15.7. The van der Waals surface area contributed by atoms with Crippen LogP contribution in [-0.4, -0.2) is 38.8 Å². The Bertz CT molecular complexity index is 734. The van der Waals surface area contributed by atoms with E-state index in [4.69, 9.17) is 14.2 Å². The third-order valence-corrected chi connectivity index (χ3v) is 3.72. The third-order valence-electron chi connectivity index (χ3n) is 3.72. The summed E-state index contributed by atoms with van der Waals surface area (Å²) in [5.41, 5.74) is 2.08. The molecule has 0 fully saturated rings. The van der Waals surface area contributed by atoms with Gasteiger partial charge in [-0.2, -0.15) is 0 Å². The molecule has 1 heterocycles. The fourth-order valence-electron chi connectivity index (χ4n) is 2.37. The number of hydrogen-bond acceptors (Lipinski definition) is 5. The van der Waals surface area contributed by atoms with Gasteiger partial charge in [-0.25, -0.2) is 4.98 Å². The smallest absolute Gasteiger partial charge is 0.213 e. The van der Waals surface area contributed by atoms with Gasteiger partial charge in [0.2, 0.25) is 5.88 Å². The van der Waals surface area contributed by atoms with Gasteiger partial charge in [-0.05, 0) is 30.7 Å². The molecule has 0 unspecified atom stereocenters. The molecule has 1 aromatic heterocycles. The normalized spacial score (nSPS) is 11.0. The molecule has 7 heteroatoms. The lowest BCUT2D eigenvalue weighted by Crippen LogP contribution is -2.36. The lowest BCUT2D eigenvalue weighted by molar-refractivity contribution is 0.326. The number of aromatic nitrogens is 1. The van der Waals surface area contributed by atoms with Crippen molar-refractivity contribution in [2.24, 2.45) is 4.99 Å². The average Bonchev–Trinajstić information content (AvgIpc) is 2.68. The van der Waals surface area contributed by atoms with Crippen LogP contribution in [0.25, 0.3) is 0 Å². The van der Waals surface area contributed by atoms with E-state index in [1.165, 1.54) is 0 Å². The molecule has 0 spiro atoms. The summed E-state index contributed by atoms with van der Waals surface area (Å²) >= 11 is 0. The lowest BCUT2D eigenvalue weighted by atomic mass is 10.2. The molecule has 0 radical (unpaired) electrons. The van der Waals surface area contributed by atoms with Crippen LogP contribution >= 0.6 is 0 Å². The molecule has 1 aromatic carbocycles. The maximum Gasteiger partial charge on any atom is 0.213 e. The van der Waals surface area contributed by atoms with E-state index in [0.717, 1.165) is 22.6 Å². The Labute approximate surface area is 154 Å². The van der Waals surface area contributed by atoms with Crippen LogP contribution in [0.3, 0.4) is 0 Å². The molecule has 0 saturated carbocycles. The number of methoxy groups -OCH3 is 2. The molecule has 0 saturated heterocycles. The standard InChI is InChI=1S/C19H26N4O3/c1-5-26-18-10-14(8-9-21-18)12-22-19(20-2)23-13-15-6-7-16(24-3)11-17(15)25-4/h6-11H,5,12-13H2,1-4H3,(H2,20,22,23). The van der Waals surface area contributed by atoms with Crippen LogP contribution < -0.4 is 24.8 Å². The monoisotopic (exact) mass is 358 g/mol. The van der Waals surface area contributed by atoms with E-state index < -0.39 is 0 Å². The molecule has 26 heavy (non-hydrogen) atoms. The zero-order chi connectivity index (χ0) is 18.8. The molecular formula is C19H26N4O3. The summed E-state index contributed by atoms with van der Waals surface area (Å²) in [4.78, 5) is 8.41. The predicted octanol–water partition coefficient (Wildman–Crippen LogP) is 2.36. The van der Waals surface area contributed by atoms with Crippen molar-refractivity contribution in [3.05, 3.63) is 47.7 Å². The van der Waals surface area contributed by atoms with Gasteiger partial charge < -0.3 is 24.8 Å². The summed E-state index contributed by atoms with van der Waals surface area (Å²) < 4.78 is 16.1. The van der Waals surface area contributed by atoms with E-state index in [2.05, 4.69) is 20.6 Å². The van der Waals surface area contributed by atoms with Crippen LogP contribution in [0.15, 0.2) is 41.5 Å². The largest absolute Gasteiger partial charge is 0.497 e. The number of nitrogens with zero attached hydrogens (tertiary/aromatic N) is 2. The fraction of sp³-hybridized carbons (Fsp3) is 0.368. The van der Waals surface area contributed by atoms with Crippen molar-refractivity contribution >= 4 is 5.96 Å². The Morgan fingerprint density at radius 2 is 1.88 bits per heavy atom. The van der Waals surface area contributed by atoms with E-state index in [1.54, 1.807) is 27.5 Å². The van der Waals surface area contributed by atoms with Crippen LogP contribution in [0.2, 0.25) is 0 Å². The van der Waals surface area contributed by atoms with E-state index in [0.29, 0.717) is 31.5 Å². The first-order valence-corrected chi connectivity index (χ1v) is 8.43. The first-order chi connectivity index (χ1) is 12.7. The van der Waals surface area contributed by atoms with Crippen LogP contribution in [0, 0.1) is 0 Å². The summed E-state index contributed by atoms with van der Waals surface area (Å²) in [5.74, 6) is 2.84. The van der Waals surface area contributed by atoms with Gasteiger partial charge in [0, 0.05) is 44.0 Å². The van der Waals surface area contributed by atoms with Crippen molar-refractivity contribution in [1.29, 1.82) is 0 Å². The van der Waals surface area contributed by atoms with Gasteiger partial charge in [0.15, 0.2) is 5.96 Å². The molecule has 0 amide bonds. The summed E-state index contributed by atoms with van der Waals surface area (Å²) in [6.45, 7) is 3.72. The van der Waals surface area contributed by atoms with Crippen molar-refractivity contribution in [2.45, 2.75) is 20.0 Å². The molecule has 0 atom stereocenters. The molecule has 0 aliphatic rings. The van der Waals surface area contributed by atoms with Gasteiger partial charge in [0.1, 0.15) is 11.5 Å². The SMILES string of the molecule is CCOc1cc(CNC(=NC)NCc2ccc(OC)cc2OC)ccn1. The van der Waals surface area contributed by atoms with Gasteiger partial charge in [-0.3, -0.25) is 4.99 Å². The second-order valence-corrected chi connectivity index (χ2v) is 5.39. The topological polar surface area (TPSA) is 77.0 Å². The summed E-state index contributed by atoms with van der Waals surface area (Å²) in [6.07, 6.45) is 1.74. The number of pyridine rings is 1. The van der Waals surface area contributed by atoms with E-state index in [-0.39, 0.29) is 0 Å². The molecule has 0 aliphatic carbocycles. The number of guanidine groups is 1. The lowest BCUT2D eigenvalue weighted by Gasteiger charge is -2.14. The first-order valence-electron chi connectivity index (χ1n) is 8.43. The number of rotatable bonds is 8. The number of nitrogens with one attached hydrogen (secondary N) is 2. The van der Waals surface area contributed by atoms with Crippen molar-refractivity contribution < 1.29 is 14.2 Å². The highest BCUT2D eigenvalue weighted by atomic mass is 16.5. The maximum absolute atomic E-state index is 5.42. The van der Waals surface area contributed by atoms with Crippen LogP contribution in [0.4, 0.5) is 0 Å². The molecule has 0 bridgehead atoms. The molecule has 2 rings (SSSR count). The van der Waals surface area contributed by atoms with Gasteiger partial charge in [-0.1, -0.05) is 0 Å². The van der Waals surface area contributed by atoms with Crippen LogP contribution in [0.5, 0.6) is 17.4 Å². The molecular weight excluding hydrogens is 332 g/mol. The highest BCUT2D eigenvalue weighted by Crippen LogP contribution is 2.24. The van der Waals surface area contributed by atoms with Gasteiger partial charge in [0.25, 0.3) is 0 Å². The second-order valence-electron chi connectivity index (χ2n) is 5.39. The number of hydrogen-bond donors (Lipinski definition) is 2. The fourth-order valence-corrected chi connectivity index (χ4v) is 2.37. The van der Waals surface area contributed by atoms with Crippen molar-refractivity contribution in [3.63, 3.8) is 0 Å². The highest BCUT2D eigenvalue weighted by Gasteiger charge is 2.06. The number of benzene rings is 1. The minimum absolute atomic E-state index is 0.577. The molecule has 140 valence electrons. The number of ether oxygens (including phenoxy) is 3. The predicted molar refractivity (Wildman–Crippen MR) is 102 cm³/mol. The van der Waals surface area contributed by atoms with E-state index in [1.807, 2.05) is 37.3 Å². The van der Waals surface area contributed by atoms with E-state index >= 15 is 0 Å². The zero-order valence-electron chi connectivity index (χ0n) is 15.7.